The monoisotopic (exact) mass is 207 g/mol. The van der Waals surface area contributed by atoms with Crippen LogP contribution in [0.3, 0.4) is 0 Å². The maximum Gasteiger partial charge on any atom is 0.234 e. The first kappa shape index (κ1) is 9.27. The van der Waals surface area contributed by atoms with Gasteiger partial charge in [-0.1, -0.05) is 6.07 Å². The van der Waals surface area contributed by atoms with Crippen LogP contribution in [-0.2, 0) is 16.0 Å². The topological polar surface area (TPSA) is 46.2 Å². The minimum atomic E-state index is 0.0192. The van der Waals surface area contributed by atoms with E-state index in [1.807, 2.05) is 18.2 Å². The maximum atomic E-state index is 11.1. The van der Waals surface area contributed by atoms with Crippen molar-refractivity contribution in [2.24, 2.45) is 0 Å². The van der Waals surface area contributed by atoms with E-state index in [1.54, 1.807) is 0 Å². The van der Waals surface area contributed by atoms with E-state index in [1.165, 1.54) is 11.8 Å². The lowest BCUT2D eigenvalue weighted by Gasteiger charge is -2.16. The highest BCUT2D eigenvalue weighted by molar-refractivity contribution is 8.00. The number of carbonyl (C=O) groups is 2. The molecule has 2 rings (SSSR count). The Bertz CT molecular complexity index is 390. The Hall–Kier alpha value is -1.29. The smallest absolute Gasteiger partial charge is 0.234 e. The van der Waals surface area contributed by atoms with Crippen LogP contribution in [0, 0.1) is 0 Å². The normalized spacial score (nSPS) is 14.4. The Morgan fingerprint density at radius 3 is 3.14 bits per heavy atom. The molecule has 0 atom stereocenters. The minimum Gasteiger partial charge on any atom is -0.324 e. The van der Waals surface area contributed by atoms with E-state index in [-0.39, 0.29) is 5.91 Å². The van der Waals surface area contributed by atoms with Gasteiger partial charge < -0.3 is 10.1 Å². The Balaban J connectivity index is 2.32. The first-order chi connectivity index (χ1) is 6.79. The number of benzene rings is 1. The van der Waals surface area contributed by atoms with E-state index in [0.717, 1.165) is 22.4 Å². The van der Waals surface area contributed by atoms with Crippen molar-refractivity contribution in [2.45, 2.75) is 11.3 Å². The molecule has 0 fully saturated rings. The lowest BCUT2D eigenvalue weighted by molar-refractivity contribution is -0.114. The molecule has 14 heavy (non-hydrogen) atoms. The number of aldehydes is 1. The van der Waals surface area contributed by atoms with Gasteiger partial charge in [-0.2, -0.15) is 0 Å². The van der Waals surface area contributed by atoms with Crippen LogP contribution < -0.4 is 5.32 Å². The summed E-state index contributed by atoms with van der Waals surface area (Å²) >= 11 is 1.52. The molecule has 1 aromatic rings. The van der Waals surface area contributed by atoms with Gasteiger partial charge in [-0.25, -0.2) is 0 Å². The Morgan fingerprint density at radius 1 is 1.50 bits per heavy atom. The Kier molecular flexibility index (Phi) is 2.54. The summed E-state index contributed by atoms with van der Waals surface area (Å²) in [6.07, 6.45) is 1.26. The van der Waals surface area contributed by atoms with Crippen molar-refractivity contribution in [3.8, 4) is 0 Å². The highest BCUT2D eigenvalue weighted by Gasteiger charge is 2.14. The van der Waals surface area contributed by atoms with E-state index in [2.05, 4.69) is 5.32 Å². The number of rotatable bonds is 2. The summed E-state index contributed by atoms with van der Waals surface area (Å²) in [7, 11) is 0. The molecule has 0 radical (unpaired) electrons. The van der Waals surface area contributed by atoms with Crippen molar-refractivity contribution >= 4 is 29.6 Å². The molecular formula is C10H9NO2S. The molecule has 0 aliphatic carbocycles. The van der Waals surface area contributed by atoms with Gasteiger partial charge in [0, 0.05) is 11.3 Å². The average molecular weight is 207 g/mol. The molecule has 72 valence electrons. The highest BCUT2D eigenvalue weighted by Crippen LogP contribution is 2.31. The fourth-order valence-corrected chi connectivity index (χ4v) is 2.14. The van der Waals surface area contributed by atoms with Crippen LogP contribution in [0.1, 0.15) is 5.56 Å². The molecule has 1 aliphatic heterocycles. The van der Waals surface area contributed by atoms with Crippen LogP contribution in [0.25, 0.3) is 0 Å². The van der Waals surface area contributed by atoms with Crippen molar-refractivity contribution in [2.75, 3.05) is 11.1 Å². The molecule has 1 aliphatic rings. The molecule has 0 saturated carbocycles. The summed E-state index contributed by atoms with van der Waals surface area (Å²) in [5.74, 6) is 0.491. The number of amides is 1. The summed E-state index contributed by atoms with van der Waals surface area (Å²) in [5.41, 5.74) is 1.76. The third kappa shape index (κ3) is 1.80. The third-order valence-corrected chi connectivity index (χ3v) is 3.07. The number of fused-ring (bicyclic) bond motifs is 1. The third-order valence-electron chi connectivity index (χ3n) is 2.00. The molecule has 1 aromatic carbocycles. The van der Waals surface area contributed by atoms with Crippen molar-refractivity contribution in [1.82, 2.24) is 0 Å². The maximum absolute atomic E-state index is 11.1. The SMILES string of the molecule is O=CCc1ccc2c(c1)NC(=O)CS2. The second-order valence-electron chi connectivity index (χ2n) is 3.04. The second kappa shape index (κ2) is 3.84. The van der Waals surface area contributed by atoms with Gasteiger partial charge in [-0.3, -0.25) is 4.79 Å². The van der Waals surface area contributed by atoms with Gasteiger partial charge in [0.25, 0.3) is 0 Å². The first-order valence-corrected chi connectivity index (χ1v) is 5.27. The van der Waals surface area contributed by atoms with Gasteiger partial charge in [0.05, 0.1) is 11.4 Å². The van der Waals surface area contributed by atoms with Gasteiger partial charge in [0.1, 0.15) is 6.29 Å². The summed E-state index contributed by atoms with van der Waals surface area (Å²) in [5, 5.41) is 2.78. The van der Waals surface area contributed by atoms with E-state index < -0.39 is 0 Å². The van der Waals surface area contributed by atoms with Gasteiger partial charge >= 0.3 is 0 Å². The fraction of sp³-hybridized carbons (Fsp3) is 0.200. The number of nitrogens with one attached hydrogen (secondary N) is 1. The van der Waals surface area contributed by atoms with Crippen LogP contribution >= 0.6 is 11.8 Å². The summed E-state index contributed by atoms with van der Waals surface area (Å²) in [6.45, 7) is 0. The predicted octanol–water partition coefficient (Wildman–Crippen LogP) is 1.47. The lowest BCUT2D eigenvalue weighted by atomic mass is 10.1. The first-order valence-electron chi connectivity index (χ1n) is 4.29. The molecule has 4 heteroatoms. The molecular weight excluding hydrogens is 198 g/mol. The molecule has 0 aromatic heterocycles. The quantitative estimate of drug-likeness (QED) is 0.747. The number of anilines is 1. The summed E-state index contributed by atoms with van der Waals surface area (Å²) < 4.78 is 0. The molecule has 3 nitrogen and oxygen atoms in total. The van der Waals surface area contributed by atoms with Crippen molar-refractivity contribution in [3.05, 3.63) is 23.8 Å². The standard InChI is InChI=1S/C10H9NO2S/c12-4-3-7-1-2-9-8(5-7)11-10(13)6-14-9/h1-2,4-5H,3,6H2,(H,11,13). The minimum absolute atomic E-state index is 0.0192. The van der Waals surface area contributed by atoms with Crippen LogP contribution in [0.4, 0.5) is 5.69 Å². The molecule has 0 spiro atoms. The zero-order chi connectivity index (χ0) is 9.97. The Morgan fingerprint density at radius 2 is 2.36 bits per heavy atom. The van der Waals surface area contributed by atoms with Crippen LogP contribution in [-0.4, -0.2) is 17.9 Å². The second-order valence-corrected chi connectivity index (χ2v) is 4.06. The Labute approximate surface area is 85.9 Å². The van der Waals surface area contributed by atoms with E-state index in [9.17, 15) is 9.59 Å². The van der Waals surface area contributed by atoms with Gasteiger partial charge in [0.2, 0.25) is 5.91 Å². The van der Waals surface area contributed by atoms with Crippen molar-refractivity contribution in [3.63, 3.8) is 0 Å². The molecule has 0 bridgehead atoms. The fourth-order valence-electron chi connectivity index (χ4n) is 1.35. The summed E-state index contributed by atoms with van der Waals surface area (Å²) in [6, 6.07) is 5.71. The molecule has 1 heterocycles. The number of hydrogen-bond acceptors (Lipinski definition) is 3. The van der Waals surface area contributed by atoms with Crippen molar-refractivity contribution < 1.29 is 9.59 Å². The molecule has 1 amide bonds. The average Bonchev–Trinajstić information content (AvgIpc) is 2.17. The highest BCUT2D eigenvalue weighted by atomic mass is 32.2. The molecule has 1 N–H and O–H groups in total. The van der Waals surface area contributed by atoms with E-state index in [4.69, 9.17) is 0 Å². The van der Waals surface area contributed by atoms with Gasteiger partial charge in [-0.05, 0) is 17.7 Å². The molecule has 0 saturated heterocycles. The van der Waals surface area contributed by atoms with Crippen LogP contribution in [0.2, 0.25) is 0 Å². The van der Waals surface area contributed by atoms with E-state index >= 15 is 0 Å². The number of hydrogen-bond donors (Lipinski definition) is 1. The number of carbonyl (C=O) groups excluding carboxylic acids is 2. The molecule has 0 unspecified atom stereocenters. The lowest BCUT2D eigenvalue weighted by Crippen LogP contribution is -2.18. The van der Waals surface area contributed by atoms with Crippen molar-refractivity contribution in [1.29, 1.82) is 0 Å². The summed E-state index contributed by atoms with van der Waals surface area (Å²) in [4.78, 5) is 22.5. The number of thioether (sulfide) groups is 1. The zero-order valence-corrected chi connectivity index (χ0v) is 8.26. The van der Waals surface area contributed by atoms with Crippen LogP contribution in [0.5, 0.6) is 0 Å². The van der Waals surface area contributed by atoms with Gasteiger partial charge in [0.15, 0.2) is 0 Å². The van der Waals surface area contributed by atoms with Crippen LogP contribution in [0.15, 0.2) is 23.1 Å². The van der Waals surface area contributed by atoms with Gasteiger partial charge in [-0.15, -0.1) is 11.8 Å². The van der Waals surface area contributed by atoms with E-state index in [0.29, 0.717) is 12.2 Å². The zero-order valence-electron chi connectivity index (χ0n) is 7.45. The predicted molar refractivity (Wildman–Crippen MR) is 55.6 cm³/mol. The largest absolute Gasteiger partial charge is 0.324 e.